The van der Waals surface area contributed by atoms with Crippen LogP contribution in [0.2, 0.25) is 0 Å². The van der Waals surface area contributed by atoms with E-state index in [1.807, 2.05) is 108 Å². The third kappa shape index (κ3) is 3.56. The van der Waals surface area contributed by atoms with Crippen LogP contribution in [-0.4, -0.2) is 33.3 Å². The van der Waals surface area contributed by atoms with Crippen molar-refractivity contribution in [2.45, 2.75) is 12.5 Å². The van der Waals surface area contributed by atoms with E-state index in [0.717, 1.165) is 33.6 Å². The van der Waals surface area contributed by atoms with Gasteiger partial charge in [-0.2, -0.15) is 0 Å². The molecule has 27 heavy (non-hydrogen) atoms. The van der Waals surface area contributed by atoms with Gasteiger partial charge in [-0.25, -0.2) is 0 Å². The highest BCUT2D eigenvalue weighted by atomic mass is 16.3. The van der Waals surface area contributed by atoms with Crippen LogP contribution >= 0.6 is 0 Å². The summed E-state index contributed by atoms with van der Waals surface area (Å²) in [6.07, 6.45) is 0. The maximum absolute atomic E-state index is 12.0. The molecule has 3 nitrogen and oxygen atoms in total. The standard InChI is InChI=1S/C24H28N2O/c1-18-8-6-7-9-23(18)24(27,19-10-14-21(15-11-19)25(2)3)20-12-16-22(17-13-20)26(4)5/h6-17,27H,1-5H3. The van der Waals surface area contributed by atoms with Crippen molar-refractivity contribution in [2.75, 3.05) is 38.0 Å². The molecule has 0 fully saturated rings. The zero-order chi connectivity index (χ0) is 19.6. The van der Waals surface area contributed by atoms with Gasteiger partial charge in [0.05, 0.1) is 0 Å². The number of aliphatic hydroxyl groups is 1. The second-order valence-corrected chi connectivity index (χ2v) is 7.41. The lowest BCUT2D eigenvalue weighted by molar-refractivity contribution is 0.125. The first-order valence-electron chi connectivity index (χ1n) is 9.18. The molecule has 0 unspecified atom stereocenters. The number of nitrogens with zero attached hydrogens (tertiary/aromatic N) is 2. The lowest BCUT2D eigenvalue weighted by Gasteiger charge is -2.32. The van der Waals surface area contributed by atoms with Gasteiger partial charge in [0.15, 0.2) is 0 Å². The average Bonchev–Trinajstić information content (AvgIpc) is 2.68. The minimum absolute atomic E-state index is 0.861. The molecule has 0 aromatic heterocycles. The Morgan fingerprint density at radius 2 is 1.04 bits per heavy atom. The Kier molecular flexibility index (Phi) is 5.24. The topological polar surface area (TPSA) is 26.7 Å². The van der Waals surface area contributed by atoms with Crippen molar-refractivity contribution in [2.24, 2.45) is 0 Å². The lowest BCUT2D eigenvalue weighted by Crippen LogP contribution is -2.30. The van der Waals surface area contributed by atoms with E-state index >= 15 is 0 Å². The van der Waals surface area contributed by atoms with E-state index in [1.54, 1.807) is 0 Å². The summed E-state index contributed by atoms with van der Waals surface area (Å²) >= 11 is 0. The molecule has 0 heterocycles. The van der Waals surface area contributed by atoms with Gasteiger partial charge in [-0.1, -0.05) is 48.5 Å². The summed E-state index contributed by atoms with van der Waals surface area (Å²) < 4.78 is 0. The van der Waals surface area contributed by atoms with Crippen LogP contribution in [0.3, 0.4) is 0 Å². The summed E-state index contributed by atoms with van der Waals surface area (Å²) in [4.78, 5) is 4.12. The monoisotopic (exact) mass is 360 g/mol. The molecule has 0 aliphatic rings. The van der Waals surface area contributed by atoms with Gasteiger partial charge in [-0.15, -0.1) is 0 Å². The van der Waals surface area contributed by atoms with E-state index in [1.165, 1.54) is 0 Å². The Balaban J connectivity index is 2.19. The van der Waals surface area contributed by atoms with Gasteiger partial charge < -0.3 is 14.9 Å². The van der Waals surface area contributed by atoms with Crippen molar-refractivity contribution in [3.8, 4) is 0 Å². The van der Waals surface area contributed by atoms with E-state index in [2.05, 4.69) is 9.80 Å². The van der Waals surface area contributed by atoms with Gasteiger partial charge in [0.2, 0.25) is 0 Å². The van der Waals surface area contributed by atoms with Crippen LogP contribution in [-0.2, 0) is 5.60 Å². The summed E-state index contributed by atoms with van der Waals surface area (Å²) in [5, 5.41) is 12.0. The quantitative estimate of drug-likeness (QED) is 0.683. The fraction of sp³-hybridized carbons (Fsp3) is 0.250. The predicted molar refractivity (Wildman–Crippen MR) is 115 cm³/mol. The van der Waals surface area contributed by atoms with Crippen LogP contribution in [0.1, 0.15) is 22.3 Å². The Hall–Kier alpha value is -2.78. The van der Waals surface area contributed by atoms with E-state index < -0.39 is 5.60 Å². The molecule has 3 rings (SSSR count). The van der Waals surface area contributed by atoms with Gasteiger partial charge in [0, 0.05) is 39.6 Å². The molecule has 0 amide bonds. The number of anilines is 2. The molecular formula is C24H28N2O. The summed E-state index contributed by atoms with van der Waals surface area (Å²) in [7, 11) is 8.07. The summed E-state index contributed by atoms with van der Waals surface area (Å²) in [5.41, 5.74) is 4.69. The summed E-state index contributed by atoms with van der Waals surface area (Å²) in [5.74, 6) is 0. The third-order valence-corrected chi connectivity index (χ3v) is 5.14. The third-order valence-electron chi connectivity index (χ3n) is 5.14. The number of benzene rings is 3. The van der Waals surface area contributed by atoms with Gasteiger partial charge in [0.25, 0.3) is 0 Å². The van der Waals surface area contributed by atoms with Crippen molar-refractivity contribution in [1.82, 2.24) is 0 Å². The van der Waals surface area contributed by atoms with Crippen LogP contribution in [0.4, 0.5) is 11.4 Å². The van der Waals surface area contributed by atoms with Crippen LogP contribution in [0, 0.1) is 6.92 Å². The summed E-state index contributed by atoms with van der Waals surface area (Å²) in [6, 6.07) is 24.3. The fourth-order valence-corrected chi connectivity index (χ4v) is 3.46. The second kappa shape index (κ2) is 7.45. The van der Waals surface area contributed by atoms with Gasteiger partial charge in [-0.3, -0.25) is 0 Å². The van der Waals surface area contributed by atoms with E-state index in [-0.39, 0.29) is 0 Å². The molecule has 140 valence electrons. The highest BCUT2D eigenvalue weighted by Gasteiger charge is 2.35. The fourth-order valence-electron chi connectivity index (χ4n) is 3.46. The number of hydrogen-bond acceptors (Lipinski definition) is 3. The first kappa shape index (κ1) is 19.0. The molecule has 0 spiro atoms. The van der Waals surface area contributed by atoms with Crippen molar-refractivity contribution >= 4 is 11.4 Å². The van der Waals surface area contributed by atoms with Crippen molar-refractivity contribution < 1.29 is 5.11 Å². The zero-order valence-corrected chi connectivity index (χ0v) is 16.8. The normalized spacial score (nSPS) is 11.3. The van der Waals surface area contributed by atoms with E-state index in [9.17, 15) is 5.11 Å². The zero-order valence-electron chi connectivity index (χ0n) is 16.8. The first-order valence-corrected chi connectivity index (χ1v) is 9.18. The molecule has 3 aromatic rings. The Labute approximate surface area is 162 Å². The number of rotatable bonds is 5. The van der Waals surface area contributed by atoms with Crippen LogP contribution < -0.4 is 9.80 Å². The van der Waals surface area contributed by atoms with Crippen LogP contribution in [0.5, 0.6) is 0 Å². The minimum atomic E-state index is -1.21. The Morgan fingerprint density at radius 1 is 0.630 bits per heavy atom. The molecular weight excluding hydrogens is 332 g/mol. The Morgan fingerprint density at radius 3 is 1.41 bits per heavy atom. The largest absolute Gasteiger partial charge is 0.378 e. The molecule has 3 heteroatoms. The molecule has 0 atom stereocenters. The van der Waals surface area contributed by atoms with Gasteiger partial charge >= 0.3 is 0 Å². The summed E-state index contributed by atoms with van der Waals surface area (Å²) in [6.45, 7) is 2.04. The molecule has 0 saturated heterocycles. The Bertz CT molecular complexity index is 845. The number of hydrogen-bond donors (Lipinski definition) is 1. The molecule has 3 aromatic carbocycles. The highest BCUT2D eigenvalue weighted by Crippen LogP contribution is 2.39. The predicted octanol–water partition coefficient (Wildman–Crippen LogP) is 4.41. The van der Waals surface area contributed by atoms with Crippen molar-refractivity contribution in [3.05, 3.63) is 95.1 Å². The minimum Gasteiger partial charge on any atom is -0.378 e. The first-order chi connectivity index (χ1) is 12.8. The molecule has 0 aliphatic carbocycles. The maximum Gasteiger partial charge on any atom is 0.140 e. The molecule has 0 saturated carbocycles. The van der Waals surface area contributed by atoms with Gasteiger partial charge in [0.1, 0.15) is 5.60 Å². The smallest absolute Gasteiger partial charge is 0.140 e. The molecule has 1 N–H and O–H groups in total. The van der Waals surface area contributed by atoms with Crippen LogP contribution in [0.25, 0.3) is 0 Å². The van der Waals surface area contributed by atoms with E-state index in [0.29, 0.717) is 0 Å². The van der Waals surface area contributed by atoms with Gasteiger partial charge in [-0.05, 0) is 53.4 Å². The molecule has 0 aliphatic heterocycles. The van der Waals surface area contributed by atoms with Crippen molar-refractivity contribution in [1.29, 1.82) is 0 Å². The van der Waals surface area contributed by atoms with Crippen molar-refractivity contribution in [3.63, 3.8) is 0 Å². The number of aryl methyl sites for hydroxylation is 1. The van der Waals surface area contributed by atoms with Crippen LogP contribution in [0.15, 0.2) is 72.8 Å². The maximum atomic E-state index is 12.0. The average molecular weight is 361 g/mol. The molecule has 0 radical (unpaired) electrons. The van der Waals surface area contributed by atoms with E-state index in [4.69, 9.17) is 0 Å². The second-order valence-electron chi connectivity index (χ2n) is 7.41. The SMILES string of the molecule is Cc1ccccc1C(O)(c1ccc(N(C)C)cc1)c1ccc(N(C)C)cc1. The molecule has 0 bridgehead atoms. The lowest BCUT2D eigenvalue weighted by atomic mass is 9.78. The highest BCUT2D eigenvalue weighted by molar-refractivity contribution is 5.56.